The number of hydrogen-bond donors (Lipinski definition) is 3. The zero-order valence-corrected chi connectivity index (χ0v) is 13.5. The fourth-order valence-electron chi connectivity index (χ4n) is 2.09. The fraction of sp³-hybridized carbons (Fsp3) is 0.667. The maximum Gasteiger partial charge on any atom is 0.319 e. The van der Waals surface area contributed by atoms with Gasteiger partial charge in [-0.05, 0) is 5.92 Å². The highest BCUT2D eigenvalue weighted by Crippen LogP contribution is 2.25. The third kappa shape index (κ3) is 5.30. The van der Waals surface area contributed by atoms with Crippen LogP contribution in [-0.4, -0.2) is 33.8 Å². The van der Waals surface area contributed by atoms with Gasteiger partial charge in [-0.3, -0.25) is 0 Å². The largest absolute Gasteiger partial charge is 0.392 e. The zero-order valence-electron chi connectivity index (χ0n) is 13.5. The van der Waals surface area contributed by atoms with Crippen molar-refractivity contribution >= 4 is 11.7 Å². The predicted octanol–water partition coefficient (Wildman–Crippen LogP) is 2.20. The van der Waals surface area contributed by atoms with E-state index in [1.54, 1.807) is 12.4 Å². The number of carbonyl (C=O) groups is 1. The van der Waals surface area contributed by atoms with Gasteiger partial charge in [0.15, 0.2) is 0 Å². The van der Waals surface area contributed by atoms with Crippen LogP contribution in [0.3, 0.4) is 0 Å². The number of aryl methyl sites for hydroxylation is 1. The minimum atomic E-state index is -0.482. The second-order valence-electron chi connectivity index (χ2n) is 6.23. The first-order valence-electron chi connectivity index (χ1n) is 7.30. The van der Waals surface area contributed by atoms with Crippen molar-refractivity contribution < 1.29 is 9.90 Å². The second-order valence-corrected chi connectivity index (χ2v) is 6.23. The first kappa shape index (κ1) is 17.4. The van der Waals surface area contributed by atoms with Crippen LogP contribution in [0.1, 0.15) is 40.4 Å². The summed E-state index contributed by atoms with van der Waals surface area (Å²) in [5.74, 6) is 0.877. The van der Waals surface area contributed by atoms with E-state index < -0.39 is 11.5 Å². The summed E-state index contributed by atoms with van der Waals surface area (Å²) in [6.07, 6.45) is 3.44. The number of hydrogen-bond acceptors (Lipinski definition) is 4. The lowest BCUT2D eigenvalue weighted by atomic mass is 9.81. The van der Waals surface area contributed by atoms with Crippen molar-refractivity contribution in [3.05, 3.63) is 18.2 Å². The Morgan fingerprint density at radius 3 is 2.38 bits per heavy atom. The van der Waals surface area contributed by atoms with Crippen LogP contribution in [0.15, 0.2) is 12.4 Å². The molecule has 0 aliphatic rings. The highest BCUT2D eigenvalue weighted by Gasteiger charge is 2.30. The Labute approximate surface area is 126 Å². The molecule has 21 heavy (non-hydrogen) atoms. The SMILES string of the molecule is CCc1ncc(NC(=O)NCC(C)(C)C(O)C(C)C)cn1. The minimum Gasteiger partial charge on any atom is -0.392 e. The first-order chi connectivity index (χ1) is 9.76. The molecule has 0 aliphatic carbocycles. The molecule has 1 aromatic rings. The lowest BCUT2D eigenvalue weighted by Crippen LogP contribution is -2.44. The maximum absolute atomic E-state index is 11.8. The van der Waals surface area contributed by atoms with Crippen molar-refractivity contribution in [3.63, 3.8) is 0 Å². The average molecular weight is 294 g/mol. The molecule has 118 valence electrons. The van der Waals surface area contributed by atoms with E-state index in [9.17, 15) is 9.90 Å². The van der Waals surface area contributed by atoms with Crippen LogP contribution in [0.5, 0.6) is 0 Å². The molecule has 6 heteroatoms. The Balaban J connectivity index is 2.50. The number of aromatic nitrogens is 2. The topological polar surface area (TPSA) is 87.1 Å². The quantitative estimate of drug-likeness (QED) is 0.750. The third-order valence-corrected chi connectivity index (χ3v) is 3.42. The van der Waals surface area contributed by atoms with E-state index in [0.29, 0.717) is 12.2 Å². The molecule has 0 aromatic carbocycles. The monoisotopic (exact) mass is 294 g/mol. The Morgan fingerprint density at radius 1 is 1.33 bits per heavy atom. The minimum absolute atomic E-state index is 0.139. The molecule has 0 fully saturated rings. The second kappa shape index (κ2) is 7.36. The standard InChI is InChI=1S/C15H26N4O2/c1-6-12-16-7-11(8-17-12)19-14(21)18-9-15(4,5)13(20)10(2)3/h7-8,10,13,20H,6,9H2,1-5H3,(H2,18,19,21). The highest BCUT2D eigenvalue weighted by atomic mass is 16.3. The maximum atomic E-state index is 11.8. The average Bonchev–Trinajstić information content (AvgIpc) is 2.45. The summed E-state index contributed by atoms with van der Waals surface area (Å²) in [6.45, 7) is 10.1. The number of anilines is 1. The van der Waals surface area contributed by atoms with E-state index in [-0.39, 0.29) is 11.9 Å². The summed E-state index contributed by atoms with van der Waals surface area (Å²) in [4.78, 5) is 20.1. The van der Waals surface area contributed by atoms with Gasteiger partial charge < -0.3 is 15.7 Å². The van der Waals surface area contributed by atoms with E-state index in [1.165, 1.54) is 0 Å². The Bertz CT molecular complexity index is 457. The summed E-state index contributed by atoms with van der Waals surface area (Å²) in [6, 6.07) is -0.327. The van der Waals surface area contributed by atoms with Crippen LogP contribution in [-0.2, 0) is 6.42 Å². The zero-order chi connectivity index (χ0) is 16.0. The molecular formula is C15H26N4O2. The summed E-state index contributed by atoms with van der Waals surface area (Å²) < 4.78 is 0. The number of aliphatic hydroxyl groups is 1. The third-order valence-electron chi connectivity index (χ3n) is 3.42. The van der Waals surface area contributed by atoms with Gasteiger partial charge in [-0.15, -0.1) is 0 Å². The number of nitrogens with zero attached hydrogens (tertiary/aromatic N) is 2. The lowest BCUT2D eigenvalue weighted by Gasteiger charge is -2.33. The summed E-state index contributed by atoms with van der Waals surface area (Å²) in [5.41, 5.74) is 0.153. The molecule has 1 atom stereocenters. The van der Waals surface area contributed by atoms with Crippen molar-refractivity contribution in [2.45, 2.75) is 47.1 Å². The smallest absolute Gasteiger partial charge is 0.319 e. The molecule has 0 bridgehead atoms. The first-order valence-corrected chi connectivity index (χ1v) is 7.30. The summed E-state index contributed by atoms with van der Waals surface area (Å²) >= 11 is 0. The Kier molecular flexibility index (Phi) is 6.08. The molecule has 0 saturated heterocycles. The molecule has 1 rings (SSSR count). The van der Waals surface area contributed by atoms with Gasteiger partial charge in [-0.2, -0.15) is 0 Å². The molecule has 3 N–H and O–H groups in total. The van der Waals surface area contributed by atoms with Gasteiger partial charge in [0.05, 0.1) is 24.2 Å². The molecule has 1 unspecified atom stereocenters. The van der Waals surface area contributed by atoms with E-state index in [0.717, 1.165) is 12.2 Å². The number of rotatable bonds is 6. The molecule has 0 radical (unpaired) electrons. The Hall–Kier alpha value is -1.69. The number of aliphatic hydroxyl groups excluding tert-OH is 1. The van der Waals surface area contributed by atoms with Gasteiger partial charge >= 0.3 is 6.03 Å². The predicted molar refractivity (Wildman–Crippen MR) is 83.1 cm³/mol. The van der Waals surface area contributed by atoms with Gasteiger partial charge in [-0.1, -0.05) is 34.6 Å². The van der Waals surface area contributed by atoms with E-state index >= 15 is 0 Å². The molecular weight excluding hydrogens is 268 g/mol. The normalized spacial score (nSPS) is 13.1. The molecule has 1 aromatic heterocycles. The Morgan fingerprint density at radius 2 is 1.90 bits per heavy atom. The van der Waals surface area contributed by atoms with Crippen molar-refractivity contribution in [2.24, 2.45) is 11.3 Å². The van der Waals surface area contributed by atoms with E-state index in [2.05, 4.69) is 20.6 Å². The van der Waals surface area contributed by atoms with Gasteiger partial charge in [0.2, 0.25) is 0 Å². The number of carbonyl (C=O) groups excluding carboxylic acids is 1. The van der Waals surface area contributed by atoms with Crippen LogP contribution in [0.25, 0.3) is 0 Å². The summed E-state index contributed by atoms with van der Waals surface area (Å²) in [7, 11) is 0. The van der Waals surface area contributed by atoms with Crippen LogP contribution >= 0.6 is 0 Å². The molecule has 0 aliphatic heterocycles. The lowest BCUT2D eigenvalue weighted by molar-refractivity contribution is 0.0154. The number of amides is 2. The van der Waals surface area contributed by atoms with Crippen molar-refractivity contribution in [2.75, 3.05) is 11.9 Å². The van der Waals surface area contributed by atoms with Crippen LogP contribution < -0.4 is 10.6 Å². The van der Waals surface area contributed by atoms with Gasteiger partial charge in [-0.25, -0.2) is 14.8 Å². The molecule has 6 nitrogen and oxygen atoms in total. The highest BCUT2D eigenvalue weighted by molar-refractivity contribution is 5.88. The van der Waals surface area contributed by atoms with Gasteiger partial charge in [0, 0.05) is 18.4 Å². The van der Waals surface area contributed by atoms with Gasteiger partial charge in [0.1, 0.15) is 5.82 Å². The van der Waals surface area contributed by atoms with Crippen molar-refractivity contribution in [3.8, 4) is 0 Å². The fourth-order valence-corrected chi connectivity index (χ4v) is 2.09. The van der Waals surface area contributed by atoms with Crippen LogP contribution in [0.4, 0.5) is 10.5 Å². The number of nitrogens with one attached hydrogen (secondary N) is 2. The van der Waals surface area contributed by atoms with E-state index in [4.69, 9.17) is 0 Å². The molecule has 1 heterocycles. The van der Waals surface area contributed by atoms with E-state index in [1.807, 2.05) is 34.6 Å². The van der Waals surface area contributed by atoms with Crippen molar-refractivity contribution in [1.29, 1.82) is 0 Å². The molecule has 0 spiro atoms. The molecule has 0 saturated carbocycles. The number of urea groups is 1. The van der Waals surface area contributed by atoms with Crippen LogP contribution in [0.2, 0.25) is 0 Å². The summed E-state index contributed by atoms with van der Waals surface area (Å²) in [5, 5.41) is 15.6. The van der Waals surface area contributed by atoms with Crippen LogP contribution in [0, 0.1) is 11.3 Å². The van der Waals surface area contributed by atoms with Crippen molar-refractivity contribution in [1.82, 2.24) is 15.3 Å². The molecule has 2 amide bonds. The van der Waals surface area contributed by atoms with Gasteiger partial charge in [0.25, 0.3) is 0 Å².